The number of carbonyl (C=O) groups excluding carboxylic acids is 1. The van der Waals surface area contributed by atoms with E-state index >= 15 is 0 Å². The van der Waals surface area contributed by atoms with Crippen molar-refractivity contribution in [3.05, 3.63) is 59.2 Å². The first-order chi connectivity index (χ1) is 15.8. The standard InChI is InChI=1S/C27H33NO4S/c1-2-17-5-11-22(12-6-17)33(31,32)16-25-23-15-21(10-9-20(23)14-26(25)29)28-27(30)24-13-18-3-7-19(24)8-4-18/h5-6,9-12,15,18-19,24-26,29H,2-4,7-8,13-14,16H2,1H3,(H,28,30). The molecule has 0 spiro atoms. The van der Waals surface area contributed by atoms with Gasteiger partial charge in [0, 0.05) is 17.5 Å². The van der Waals surface area contributed by atoms with Crippen LogP contribution in [-0.2, 0) is 27.5 Å². The maximum absolute atomic E-state index is 13.1. The van der Waals surface area contributed by atoms with E-state index in [4.69, 9.17) is 0 Å². The van der Waals surface area contributed by atoms with E-state index in [0.29, 0.717) is 23.9 Å². The lowest BCUT2D eigenvalue weighted by atomic mass is 9.64. The van der Waals surface area contributed by atoms with E-state index < -0.39 is 21.9 Å². The largest absolute Gasteiger partial charge is 0.392 e. The molecule has 33 heavy (non-hydrogen) atoms. The third kappa shape index (κ3) is 4.47. The second-order valence-electron chi connectivity index (χ2n) is 10.2. The van der Waals surface area contributed by atoms with Crippen molar-refractivity contribution in [2.45, 2.75) is 68.8 Å². The third-order valence-electron chi connectivity index (χ3n) is 8.18. The van der Waals surface area contributed by atoms with Gasteiger partial charge in [-0.25, -0.2) is 8.42 Å². The molecular weight excluding hydrogens is 434 g/mol. The van der Waals surface area contributed by atoms with Crippen LogP contribution in [0.15, 0.2) is 47.4 Å². The molecule has 0 heterocycles. The van der Waals surface area contributed by atoms with E-state index in [-0.39, 0.29) is 22.5 Å². The summed E-state index contributed by atoms with van der Waals surface area (Å²) in [5.41, 5.74) is 3.58. The average molecular weight is 468 g/mol. The lowest BCUT2D eigenvalue weighted by Crippen LogP contribution is -2.38. The van der Waals surface area contributed by atoms with Crippen LogP contribution in [-0.4, -0.2) is 31.3 Å². The van der Waals surface area contributed by atoms with Crippen molar-refractivity contribution in [1.82, 2.24) is 0 Å². The Balaban J connectivity index is 1.33. The predicted octanol–water partition coefficient (Wildman–Crippen LogP) is 4.49. The lowest BCUT2D eigenvalue weighted by Gasteiger charge is -2.41. The van der Waals surface area contributed by atoms with Crippen LogP contribution in [0.25, 0.3) is 0 Å². The molecule has 3 saturated carbocycles. The van der Waals surface area contributed by atoms with E-state index in [0.717, 1.165) is 42.4 Å². The van der Waals surface area contributed by atoms with Gasteiger partial charge in [0.15, 0.2) is 9.84 Å². The van der Waals surface area contributed by atoms with Crippen LogP contribution in [0.5, 0.6) is 0 Å². The number of hydrogen-bond acceptors (Lipinski definition) is 4. The molecule has 4 aliphatic carbocycles. The number of sulfone groups is 1. The van der Waals surface area contributed by atoms with Crippen LogP contribution < -0.4 is 5.32 Å². The van der Waals surface area contributed by atoms with Gasteiger partial charge in [0.2, 0.25) is 5.91 Å². The normalized spacial score (nSPS) is 28.5. The maximum Gasteiger partial charge on any atom is 0.227 e. The van der Waals surface area contributed by atoms with E-state index in [1.807, 2.05) is 37.3 Å². The number of aliphatic hydroxyl groups excluding tert-OH is 1. The zero-order valence-electron chi connectivity index (χ0n) is 19.2. The highest BCUT2D eigenvalue weighted by Crippen LogP contribution is 2.45. The van der Waals surface area contributed by atoms with Crippen LogP contribution >= 0.6 is 0 Å². The first kappa shape index (κ1) is 22.6. The summed E-state index contributed by atoms with van der Waals surface area (Å²) in [6.07, 6.45) is 6.33. The molecule has 2 bridgehead atoms. The number of benzene rings is 2. The van der Waals surface area contributed by atoms with Crippen LogP contribution in [0.2, 0.25) is 0 Å². The summed E-state index contributed by atoms with van der Waals surface area (Å²) in [4.78, 5) is 13.3. The molecule has 0 saturated heterocycles. The Labute approximate surface area is 196 Å². The minimum atomic E-state index is -3.55. The fourth-order valence-corrected chi connectivity index (χ4v) is 7.80. The van der Waals surface area contributed by atoms with E-state index in [2.05, 4.69) is 5.32 Å². The van der Waals surface area contributed by atoms with Crippen molar-refractivity contribution in [2.24, 2.45) is 17.8 Å². The topological polar surface area (TPSA) is 83.5 Å². The van der Waals surface area contributed by atoms with Crippen LogP contribution in [0.1, 0.15) is 61.6 Å². The predicted molar refractivity (Wildman–Crippen MR) is 129 cm³/mol. The summed E-state index contributed by atoms with van der Waals surface area (Å²) in [7, 11) is -3.55. The Kier molecular flexibility index (Phi) is 6.08. The smallest absolute Gasteiger partial charge is 0.227 e. The van der Waals surface area contributed by atoms with Gasteiger partial charge in [0.25, 0.3) is 0 Å². The van der Waals surface area contributed by atoms with Gasteiger partial charge >= 0.3 is 0 Å². The van der Waals surface area contributed by atoms with Gasteiger partial charge in [-0.15, -0.1) is 0 Å². The molecule has 176 valence electrons. The molecule has 0 aliphatic heterocycles. The summed E-state index contributed by atoms with van der Waals surface area (Å²) in [5.74, 6) is 0.696. The molecular formula is C27H33NO4S. The maximum atomic E-state index is 13.1. The summed E-state index contributed by atoms with van der Waals surface area (Å²) >= 11 is 0. The molecule has 4 aliphatic rings. The summed E-state index contributed by atoms with van der Waals surface area (Å²) < 4.78 is 26.2. The van der Waals surface area contributed by atoms with Crippen molar-refractivity contribution >= 4 is 21.4 Å². The Bertz CT molecular complexity index is 1130. The van der Waals surface area contributed by atoms with Crippen molar-refractivity contribution in [1.29, 1.82) is 0 Å². The number of fused-ring (bicyclic) bond motifs is 4. The second kappa shape index (κ2) is 8.88. The molecule has 0 aromatic heterocycles. The molecule has 6 rings (SSSR count). The zero-order valence-corrected chi connectivity index (χ0v) is 20.0. The number of aryl methyl sites for hydroxylation is 1. The van der Waals surface area contributed by atoms with Gasteiger partial charge in [-0.2, -0.15) is 0 Å². The molecule has 1 amide bonds. The Morgan fingerprint density at radius 3 is 2.42 bits per heavy atom. The lowest BCUT2D eigenvalue weighted by molar-refractivity contribution is -0.124. The summed E-state index contributed by atoms with van der Waals surface area (Å²) in [5, 5.41) is 13.8. The molecule has 2 N–H and O–H groups in total. The van der Waals surface area contributed by atoms with Crippen molar-refractivity contribution < 1.29 is 18.3 Å². The number of anilines is 1. The molecule has 3 fully saturated rings. The molecule has 3 unspecified atom stereocenters. The molecule has 3 atom stereocenters. The quantitative estimate of drug-likeness (QED) is 0.656. The van der Waals surface area contributed by atoms with Gasteiger partial charge in [-0.05, 0) is 84.9 Å². The highest BCUT2D eigenvalue weighted by atomic mass is 32.2. The van der Waals surface area contributed by atoms with Crippen molar-refractivity contribution in [2.75, 3.05) is 11.1 Å². The Morgan fingerprint density at radius 2 is 1.79 bits per heavy atom. The number of amides is 1. The molecule has 2 aromatic carbocycles. The van der Waals surface area contributed by atoms with Crippen molar-refractivity contribution in [3.8, 4) is 0 Å². The molecule has 2 aromatic rings. The third-order valence-corrected chi connectivity index (χ3v) is 9.97. The van der Waals surface area contributed by atoms with Crippen LogP contribution in [0.3, 0.4) is 0 Å². The number of aliphatic hydroxyl groups is 1. The fraction of sp³-hybridized carbons (Fsp3) is 0.519. The highest BCUT2D eigenvalue weighted by molar-refractivity contribution is 7.91. The van der Waals surface area contributed by atoms with Gasteiger partial charge in [0.1, 0.15) is 0 Å². The van der Waals surface area contributed by atoms with Crippen LogP contribution in [0, 0.1) is 17.8 Å². The average Bonchev–Trinajstić information content (AvgIpc) is 3.13. The van der Waals surface area contributed by atoms with Gasteiger partial charge < -0.3 is 10.4 Å². The van der Waals surface area contributed by atoms with Crippen molar-refractivity contribution in [3.63, 3.8) is 0 Å². The van der Waals surface area contributed by atoms with Gasteiger partial charge in [-0.1, -0.05) is 38.0 Å². The molecule has 0 radical (unpaired) electrons. The number of carbonyl (C=O) groups is 1. The van der Waals surface area contributed by atoms with Gasteiger partial charge in [0.05, 0.1) is 16.8 Å². The minimum Gasteiger partial charge on any atom is -0.392 e. The first-order valence-corrected chi connectivity index (χ1v) is 13.9. The fourth-order valence-electron chi connectivity index (χ4n) is 6.18. The van der Waals surface area contributed by atoms with E-state index in [1.54, 1.807) is 12.1 Å². The highest BCUT2D eigenvalue weighted by Gasteiger charge is 2.40. The van der Waals surface area contributed by atoms with E-state index in [1.165, 1.54) is 12.8 Å². The molecule has 5 nitrogen and oxygen atoms in total. The summed E-state index contributed by atoms with van der Waals surface area (Å²) in [6.45, 7) is 2.03. The monoisotopic (exact) mass is 467 g/mol. The number of nitrogens with one attached hydrogen (secondary N) is 1. The minimum absolute atomic E-state index is 0.0820. The second-order valence-corrected chi connectivity index (χ2v) is 12.2. The number of hydrogen-bond donors (Lipinski definition) is 2. The van der Waals surface area contributed by atoms with Gasteiger partial charge in [-0.3, -0.25) is 4.79 Å². The summed E-state index contributed by atoms with van der Waals surface area (Å²) in [6, 6.07) is 12.7. The Morgan fingerprint density at radius 1 is 1.06 bits per heavy atom. The SMILES string of the molecule is CCc1ccc(S(=O)(=O)CC2c3cc(NC(=O)C4CC5CCC4CC5)ccc3CC2O)cc1. The van der Waals surface area contributed by atoms with Crippen LogP contribution in [0.4, 0.5) is 5.69 Å². The number of rotatable bonds is 6. The Hall–Kier alpha value is -2.18. The first-order valence-electron chi connectivity index (χ1n) is 12.3. The van der Waals surface area contributed by atoms with E-state index in [9.17, 15) is 18.3 Å². The zero-order chi connectivity index (χ0) is 23.2. The molecule has 6 heteroatoms.